The average Bonchev–Trinajstić information content (AvgIpc) is 2.37. The second-order valence-corrected chi connectivity index (χ2v) is 6.78. The molecule has 2 rings (SSSR count). The molecule has 106 valence electrons. The van der Waals surface area contributed by atoms with Crippen molar-refractivity contribution in [1.29, 1.82) is 0 Å². The summed E-state index contributed by atoms with van der Waals surface area (Å²) in [5, 5.41) is 9.82. The molecule has 1 saturated carbocycles. The predicted molar refractivity (Wildman–Crippen MR) is 75.7 cm³/mol. The Balaban J connectivity index is 1.95. The molecule has 0 amide bonds. The van der Waals surface area contributed by atoms with Crippen LogP contribution in [0.25, 0.3) is 0 Å². The Kier molecular flexibility index (Phi) is 4.68. The lowest BCUT2D eigenvalue weighted by Gasteiger charge is -2.47. The van der Waals surface area contributed by atoms with Crippen LogP contribution in [-0.4, -0.2) is 60.3 Å². The van der Waals surface area contributed by atoms with Gasteiger partial charge < -0.3 is 5.11 Å². The highest BCUT2D eigenvalue weighted by Gasteiger charge is 2.36. The zero-order valence-corrected chi connectivity index (χ0v) is 12.4. The molecular formula is C15H30N2O. The molecule has 1 heterocycles. The van der Waals surface area contributed by atoms with E-state index in [4.69, 9.17) is 0 Å². The van der Waals surface area contributed by atoms with Crippen molar-refractivity contribution in [2.45, 2.75) is 58.0 Å². The van der Waals surface area contributed by atoms with Crippen LogP contribution in [0, 0.1) is 5.41 Å². The standard InChI is InChI=1S/C15H30N2O/c1-13-9-17(10-14(2)16(13)3)11-15(12-18)7-5-4-6-8-15/h13-14,18H,4-12H2,1-3H3. The first-order valence-electron chi connectivity index (χ1n) is 7.61. The van der Waals surface area contributed by atoms with Crippen molar-refractivity contribution in [3.63, 3.8) is 0 Å². The highest BCUT2D eigenvalue weighted by molar-refractivity contribution is 4.90. The van der Waals surface area contributed by atoms with Crippen molar-refractivity contribution >= 4 is 0 Å². The fourth-order valence-electron chi connectivity index (χ4n) is 3.79. The largest absolute Gasteiger partial charge is 0.396 e. The molecule has 1 N–H and O–H groups in total. The Morgan fingerprint density at radius 3 is 2.11 bits per heavy atom. The lowest BCUT2D eigenvalue weighted by Crippen LogP contribution is -2.57. The zero-order valence-electron chi connectivity index (χ0n) is 12.4. The number of aliphatic hydroxyl groups is 1. The summed E-state index contributed by atoms with van der Waals surface area (Å²) in [6.07, 6.45) is 6.41. The van der Waals surface area contributed by atoms with Crippen molar-refractivity contribution in [2.75, 3.05) is 33.3 Å². The normalized spacial score (nSPS) is 34.7. The quantitative estimate of drug-likeness (QED) is 0.834. The third-order valence-corrected chi connectivity index (χ3v) is 5.24. The summed E-state index contributed by atoms with van der Waals surface area (Å²) >= 11 is 0. The summed E-state index contributed by atoms with van der Waals surface area (Å²) in [7, 11) is 2.23. The molecule has 2 atom stereocenters. The van der Waals surface area contributed by atoms with E-state index in [1.54, 1.807) is 0 Å². The average molecular weight is 254 g/mol. The molecule has 0 radical (unpaired) electrons. The number of aliphatic hydroxyl groups excluding tert-OH is 1. The van der Waals surface area contributed by atoms with Crippen LogP contribution in [0.15, 0.2) is 0 Å². The predicted octanol–water partition coefficient (Wildman–Crippen LogP) is 1.95. The van der Waals surface area contributed by atoms with E-state index in [1.807, 2.05) is 0 Å². The second kappa shape index (κ2) is 5.89. The van der Waals surface area contributed by atoms with E-state index in [9.17, 15) is 5.11 Å². The lowest BCUT2D eigenvalue weighted by molar-refractivity contribution is -0.00387. The zero-order chi connectivity index (χ0) is 13.2. The highest BCUT2D eigenvalue weighted by atomic mass is 16.3. The van der Waals surface area contributed by atoms with Gasteiger partial charge in [0.25, 0.3) is 0 Å². The SMILES string of the molecule is CC1CN(CC2(CO)CCCCC2)CC(C)N1C. The van der Waals surface area contributed by atoms with Gasteiger partial charge in [-0.05, 0) is 33.7 Å². The summed E-state index contributed by atoms with van der Waals surface area (Å²) < 4.78 is 0. The molecule has 0 spiro atoms. The Morgan fingerprint density at radius 2 is 1.61 bits per heavy atom. The first kappa shape index (κ1) is 14.3. The van der Waals surface area contributed by atoms with Gasteiger partial charge in [0.2, 0.25) is 0 Å². The fourth-order valence-corrected chi connectivity index (χ4v) is 3.79. The van der Waals surface area contributed by atoms with Crippen LogP contribution in [-0.2, 0) is 0 Å². The molecule has 0 aromatic heterocycles. The maximum Gasteiger partial charge on any atom is 0.0499 e. The van der Waals surface area contributed by atoms with Crippen LogP contribution in [0.3, 0.4) is 0 Å². The van der Waals surface area contributed by atoms with Gasteiger partial charge in [-0.3, -0.25) is 9.80 Å². The first-order valence-corrected chi connectivity index (χ1v) is 7.61. The van der Waals surface area contributed by atoms with Crippen LogP contribution in [0.2, 0.25) is 0 Å². The number of piperazine rings is 1. The molecule has 1 aliphatic carbocycles. The van der Waals surface area contributed by atoms with Crippen molar-refractivity contribution in [2.24, 2.45) is 5.41 Å². The van der Waals surface area contributed by atoms with Crippen LogP contribution >= 0.6 is 0 Å². The summed E-state index contributed by atoms with van der Waals surface area (Å²) in [6.45, 7) is 8.42. The van der Waals surface area contributed by atoms with Crippen LogP contribution < -0.4 is 0 Å². The van der Waals surface area contributed by atoms with E-state index in [0.29, 0.717) is 18.7 Å². The third kappa shape index (κ3) is 3.06. The molecule has 3 heteroatoms. The van der Waals surface area contributed by atoms with Crippen LogP contribution in [0.5, 0.6) is 0 Å². The molecule has 2 fully saturated rings. The molecule has 0 aromatic carbocycles. The number of hydrogen-bond donors (Lipinski definition) is 1. The monoisotopic (exact) mass is 254 g/mol. The number of hydrogen-bond acceptors (Lipinski definition) is 3. The van der Waals surface area contributed by atoms with E-state index in [2.05, 4.69) is 30.7 Å². The maximum absolute atomic E-state index is 9.82. The Hall–Kier alpha value is -0.120. The minimum absolute atomic E-state index is 0.202. The van der Waals surface area contributed by atoms with Gasteiger partial charge in [0.15, 0.2) is 0 Å². The van der Waals surface area contributed by atoms with Crippen molar-refractivity contribution in [3.8, 4) is 0 Å². The van der Waals surface area contributed by atoms with Gasteiger partial charge in [-0.15, -0.1) is 0 Å². The molecule has 0 aromatic rings. The van der Waals surface area contributed by atoms with Crippen LogP contribution in [0.1, 0.15) is 46.0 Å². The van der Waals surface area contributed by atoms with E-state index < -0.39 is 0 Å². The minimum atomic E-state index is 0.202. The summed E-state index contributed by atoms with van der Waals surface area (Å²) in [6, 6.07) is 1.26. The van der Waals surface area contributed by atoms with E-state index in [1.165, 1.54) is 32.1 Å². The smallest absolute Gasteiger partial charge is 0.0499 e. The number of rotatable bonds is 3. The molecule has 18 heavy (non-hydrogen) atoms. The van der Waals surface area contributed by atoms with Gasteiger partial charge in [-0.2, -0.15) is 0 Å². The molecule has 1 saturated heterocycles. The van der Waals surface area contributed by atoms with Crippen molar-refractivity contribution < 1.29 is 5.11 Å². The summed E-state index contributed by atoms with van der Waals surface area (Å²) in [4.78, 5) is 5.07. The first-order chi connectivity index (χ1) is 8.56. The van der Waals surface area contributed by atoms with Gasteiger partial charge in [0.05, 0.1) is 0 Å². The Morgan fingerprint density at radius 1 is 1.06 bits per heavy atom. The molecule has 0 bridgehead atoms. The van der Waals surface area contributed by atoms with Gasteiger partial charge in [0.1, 0.15) is 0 Å². The Bertz CT molecular complexity index is 251. The Labute approximate surface area is 112 Å². The van der Waals surface area contributed by atoms with Crippen molar-refractivity contribution in [3.05, 3.63) is 0 Å². The second-order valence-electron chi connectivity index (χ2n) is 6.78. The van der Waals surface area contributed by atoms with Gasteiger partial charge in [0, 0.05) is 43.7 Å². The lowest BCUT2D eigenvalue weighted by atomic mass is 9.74. The molecule has 3 nitrogen and oxygen atoms in total. The molecular weight excluding hydrogens is 224 g/mol. The van der Waals surface area contributed by atoms with Crippen molar-refractivity contribution in [1.82, 2.24) is 9.80 Å². The fraction of sp³-hybridized carbons (Fsp3) is 1.00. The third-order valence-electron chi connectivity index (χ3n) is 5.24. The number of likely N-dealkylation sites (N-methyl/N-ethyl adjacent to an activating group) is 1. The maximum atomic E-state index is 9.82. The summed E-state index contributed by atoms with van der Waals surface area (Å²) in [5.41, 5.74) is 0.202. The molecule has 1 aliphatic heterocycles. The molecule has 2 aliphatic rings. The van der Waals surface area contributed by atoms with Gasteiger partial charge in [-0.1, -0.05) is 19.3 Å². The minimum Gasteiger partial charge on any atom is -0.396 e. The number of nitrogens with zero attached hydrogens (tertiary/aromatic N) is 2. The highest BCUT2D eigenvalue weighted by Crippen LogP contribution is 2.37. The topological polar surface area (TPSA) is 26.7 Å². The van der Waals surface area contributed by atoms with Gasteiger partial charge >= 0.3 is 0 Å². The van der Waals surface area contributed by atoms with E-state index in [0.717, 1.165) is 19.6 Å². The van der Waals surface area contributed by atoms with Crippen LogP contribution in [0.4, 0.5) is 0 Å². The van der Waals surface area contributed by atoms with E-state index in [-0.39, 0.29) is 5.41 Å². The van der Waals surface area contributed by atoms with E-state index >= 15 is 0 Å². The summed E-state index contributed by atoms with van der Waals surface area (Å²) in [5.74, 6) is 0. The molecule has 2 unspecified atom stereocenters. The van der Waals surface area contributed by atoms with Gasteiger partial charge in [-0.25, -0.2) is 0 Å².